The first-order valence-electron chi connectivity index (χ1n) is 12.1. The van der Waals surface area contributed by atoms with Gasteiger partial charge in [-0.1, -0.05) is 55.5 Å². The van der Waals surface area contributed by atoms with Crippen molar-refractivity contribution in [2.75, 3.05) is 0 Å². The summed E-state index contributed by atoms with van der Waals surface area (Å²) < 4.78 is 0. The molecule has 5 heteroatoms. The van der Waals surface area contributed by atoms with E-state index in [1.807, 2.05) is 12.2 Å². The summed E-state index contributed by atoms with van der Waals surface area (Å²) >= 11 is 0. The second-order valence-corrected chi connectivity index (χ2v) is 11.0. The van der Waals surface area contributed by atoms with Crippen LogP contribution in [0.2, 0.25) is 0 Å². The number of aliphatic hydroxyl groups is 3. The molecule has 33 heavy (non-hydrogen) atoms. The third kappa shape index (κ3) is 5.11. The number of hydrogen-bond donors (Lipinski definition) is 4. The number of carboxylic acids is 1. The van der Waals surface area contributed by atoms with Gasteiger partial charge in [-0.15, -0.1) is 0 Å². The standard InChI is InChI=1S/C28H40O5/c1-17(8-13-25(31)27(3,4)26(32)33)22-11-12-23-19(7-6-14-28(22,23)5)9-10-20-15-21(29)16-24(30)18(20)2/h8-10,13,21-25,29-31H,1-2,6-7,11-12,14-16H2,3-5H3,(H,32,33)/b13-8+,19-9+,20-10-/t21-,22-,23+,24+,25+,28-/m1/s1. The Morgan fingerprint density at radius 3 is 2.61 bits per heavy atom. The molecule has 3 rings (SSSR count). The maximum Gasteiger partial charge on any atom is 0.312 e. The van der Waals surface area contributed by atoms with E-state index >= 15 is 0 Å². The minimum atomic E-state index is -1.25. The summed E-state index contributed by atoms with van der Waals surface area (Å²) in [6, 6.07) is 0. The van der Waals surface area contributed by atoms with E-state index in [1.54, 1.807) is 6.08 Å². The topological polar surface area (TPSA) is 98.0 Å². The average molecular weight is 457 g/mol. The van der Waals surface area contributed by atoms with Crippen molar-refractivity contribution in [2.45, 2.75) is 84.0 Å². The molecule has 0 aromatic carbocycles. The fourth-order valence-corrected chi connectivity index (χ4v) is 6.01. The molecule has 6 atom stereocenters. The van der Waals surface area contributed by atoms with Gasteiger partial charge in [0.15, 0.2) is 0 Å². The molecule has 0 aromatic heterocycles. The Kier molecular flexibility index (Phi) is 7.57. The molecule has 0 unspecified atom stereocenters. The van der Waals surface area contributed by atoms with Gasteiger partial charge in [-0.25, -0.2) is 0 Å². The summed E-state index contributed by atoms with van der Waals surface area (Å²) in [4.78, 5) is 11.4. The molecule has 3 aliphatic carbocycles. The highest BCUT2D eigenvalue weighted by Crippen LogP contribution is 2.59. The van der Waals surface area contributed by atoms with E-state index in [9.17, 15) is 25.2 Å². The lowest BCUT2D eigenvalue weighted by Crippen LogP contribution is -2.36. The van der Waals surface area contributed by atoms with Crippen LogP contribution in [0.5, 0.6) is 0 Å². The molecule has 0 aromatic rings. The predicted molar refractivity (Wildman–Crippen MR) is 130 cm³/mol. The lowest BCUT2D eigenvalue weighted by atomic mass is 9.62. The van der Waals surface area contributed by atoms with Gasteiger partial charge in [0.1, 0.15) is 0 Å². The molecule has 0 radical (unpaired) electrons. The van der Waals surface area contributed by atoms with Crippen molar-refractivity contribution in [1.82, 2.24) is 0 Å². The largest absolute Gasteiger partial charge is 0.481 e. The van der Waals surface area contributed by atoms with Crippen LogP contribution in [-0.4, -0.2) is 44.7 Å². The number of fused-ring (bicyclic) bond motifs is 1. The number of carbonyl (C=O) groups is 1. The van der Waals surface area contributed by atoms with E-state index in [4.69, 9.17) is 0 Å². The first-order chi connectivity index (χ1) is 15.4. The van der Waals surface area contributed by atoms with Gasteiger partial charge in [0.05, 0.1) is 23.7 Å². The number of aliphatic carboxylic acids is 1. The molecule has 3 saturated carbocycles. The lowest BCUT2D eigenvalue weighted by Gasteiger charge is -2.42. The maximum atomic E-state index is 11.4. The molecule has 3 aliphatic rings. The van der Waals surface area contributed by atoms with Gasteiger partial charge in [0.2, 0.25) is 0 Å². The van der Waals surface area contributed by atoms with Gasteiger partial charge in [-0.05, 0) is 80.8 Å². The first kappa shape index (κ1) is 25.7. The Morgan fingerprint density at radius 1 is 1.24 bits per heavy atom. The van der Waals surface area contributed by atoms with Crippen LogP contribution in [0.1, 0.15) is 65.7 Å². The highest BCUT2D eigenvalue weighted by atomic mass is 16.4. The van der Waals surface area contributed by atoms with E-state index in [2.05, 4.69) is 26.2 Å². The van der Waals surface area contributed by atoms with E-state index in [0.717, 1.165) is 43.3 Å². The Labute approximate surface area is 197 Å². The quantitative estimate of drug-likeness (QED) is 0.434. The maximum absolute atomic E-state index is 11.4. The first-order valence-corrected chi connectivity index (χ1v) is 12.1. The molecule has 0 aliphatic heterocycles. The van der Waals surface area contributed by atoms with Crippen LogP contribution in [0.3, 0.4) is 0 Å². The van der Waals surface area contributed by atoms with Crippen LogP contribution in [0.15, 0.2) is 59.8 Å². The fourth-order valence-electron chi connectivity index (χ4n) is 6.01. The van der Waals surface area contributed by atoms with E-state index in [-0.39, 0.29) is 11.3 Å². The number of aliphatic hydroxyl groups excluding tert-OH is 3. The summed E-state index contributed by atoms with van der Waals surface area (Å²) in [5.41, 5.74) is 2.81. The second kappa shape index (κ2) is 9.73. The van der Waals surface area contributed by atoms with Crippen LogP contribution in [0, 0.1) is 22.7 Å². The molecule has 0 heterocycles. The molecule has 3 fully saturated rings. The van der Waals surface area contributed by atoms with Crippen molar-refractivity contribution in [2.24, 2.45) is 22.7 Å². The average Bonchev–Trinajstić information content (AvgIpc) is 3.10. The van der Waals surface area contributed by atoms with Crippen molar-refractivity contribution in [3.63, 3.8) is 0 Å². The molecule has 182 valence electrons. The molecule has 0 saturated heterocycles. The van der Waals surface area contributed by atoms with Crippen molar-refractivity contribution >= 4 is 5.97 Å². The minimum Gasteiger partial charge on any atom is -0.481 e. The Bertz CT molecular complexity index is 892. The Hall–Kier alpha value is -1.95. The Morgan fingerprint density at radius 2 is 1.94 bits per heavy atom. The highest BCUT2D eigenvalue weighted by Gasteiger charge is 2.49. The van der Waals surface area contributed by atoms with E-state index in [1.165, 1.54) is 19.4 Å². The molecule has 0 amide bonds. The van der Waals surface area contributed by atoms with Crippen molar-refractivity contribution < 1.29 is 25.2 Å². The van der Waals surface area contributed by atoms with Gasteiger partial charge in [-0.2, -0.15) is 0 Å². The molecule has 4 N–H and O–H groups in total. The monoisotopic (exact) mass is 456 g/mol. The van der Waals surface area contributed by atoms with E-state index in [0.29, 0.717) is 24.3 Å². The SMILES string of the molecule is C=C(/C=C/[C@H](O)C(C)(C)C(=O)O)[C@H]1CC[C@H]2/C(=C/C=C3/C[C@@H](O)C[C@H](O)C3=C)CCC[C@]12C. The van der Waals surface area contributed by atoms with Crippen molar-refractivity contribution in [1.29, 1.82) is 0 Å². The third-order valence-corrected chi connectivity index (χ3v) is 8.46. The smallest absolute Gasteiger partial charge is 0.312 e. The number of rotatable bonds is 6. The van der Waals surface area contributed by atoms with Crippen LogP contribution in [0.25, 0.3) is 0 Å². The van der Waals surface area contributed by atoms with Gasteiger partial charge in [0.25, 0.3) is 0 Å². The Balaban J connectivity index is 1.76. The van der Waals surface area contributed by atoms with Crippen molar-refractivity contribution in [3.8, 4) is 0 Å². The highest BCUT2D eigenvalue weighted by molar-refractivity contribution is 5.74. The normalized spacial score (nSPS) is 36.4. The van der Waals surface area contributed by atoms with Gasteiger partial charge in [0, 0.05) is 6.42 Å². The fraction of sp³-hybridized carbons (Fsp3) is 0.607. The van der Waals surface area contributed by atoms with Gasteiger partial charge >= 0.3 is 5.97 Å². The zero-order chi connectivity index (χ0) is 24.6. The van der Waals surface area contributed by atoms with Gasteiger partial charge < -0.3 is 20.4 Å². The van der Waals surface area contributed by atoms with Gasteiger partial charge in [-0.3, -0.25) is 4.79 Å². The zero-order valence-electron chi connectivity index (χ0n) is 20.3. The summed E-state index contributed by atoms with van der Waals surface area (Å²) in [6.07, 6.45) is 11.5. The number of allylic oxidation sites excluding steroid dienone is 5. The van der Waals surface area contributed by atoms with Crippen LogP contribution < -0.4 is 0 Å². The second-order valence-electron chi connectivity index (χ2n) is 11.0. The molecular formula is C28H40O5. The minimum absolute atomic E-state index is 0.0693. The number of hydrogen-bond acceptors (Lipinski definition) is 4. The van der Waals surface area contributed by atoms with Crippen LogP contribution in [-0.2, 0) is 4.79 Å². The van der Waals surface area contributed by atoms with Crippen molar-refractivity contribution in [3.05, 3.63) is 59.8 Å². The third-order valence-electron chi connectivity index (χ3n) is 8.46. The molecule has 0 bridgehead atoms. The summed E-state index contributed by atoms with van der Waals surface area (Å²) in [6.45, 7) is 13.7. The summed E-state index contributed by atoms with van der Waals surface area (Å²) in [5.74, 6) is -0.316. The molecule has 5 nitrogen and oxygen atoms in total. The zero-order valence-corrected chi connectivity index (χ0v) is 20.3. The molecule has 0 spiro atoms. The van der Waals surface area contributed by atoms with E-state index < -0.39 is 29.7 Å². The number of carboxylic acid groups (broad SMARTS) is 1. The van der Waals surface area contributed by atoms with Crippen LogP contribution >= 0.6 is 0 Å². The summed E-state index contributed by atoms with van der Waals surface area (Å²) in [7, 11) is 0. The van der Waals surface area contributed by atoms with Crippen LogP contribution in [0.4, 0.5) is 0 Å². The lowest BCUT2D eigenvalue weighted by molar-refractivity contribution is -0.151. The summed E-state index contributed by atoms with van der Waals surface area (Å²) in [5, 5.41) is 39.9. The predicted octanol–water partition coefficient (Wildman–Crippen LogP) is 4.71. The molecular weight excluding hydrogens is 416 g/mol.